The lowest BCUT2D eigenvalue weighted by molar-refractivity contribution is 0.313. The molecule has 2 heterocycles. The summed E-state index contributed by atoms with van der Waals surface area (Å²) in [5.74, 6) is -0.187. The van der Waals surface area contributed by atoms with Gasteiger partial charge in [-0.15, -0.1) is 0 Å². The highest BCUT2D eigenvalue weighted by Crippen LogP contribution is 2.32. The molecular weight excluding hydrogens is 351 g/mol. The fraction of sp³-hybridized carbons (Fsp3) is 0.300. The number of halogens is 1. The Morgan fingerprint density at radius 1 is 1.15 bits per heavy atom. The van der Waals surface area contributed by atoms with Gasteiger partial charge in [0.2, 0.25) is 10.0 Å². The molecule has 1 N–H and O–H groups in total. The van der Waals surface area contributed by atoms with Crippen LogP contribution in [0.3, 0.4) is 0 Å². The molecule has 0 bridgehead atoms. The minimum absolute atomic E-state index is 0.0815. The number of aryl methyl sites for hydroxylation is 1. The van der Waals surface area contributed by atoms with E-state index in [1.807, 2.05) is 25.1 Å². The first-order chi connectivity index (χ1) is 12.4. The van der Waals surface area contributed by atoms with E-state index >= 15 is 0 Å². The van der Waals surface area contributed by atoms with Gasteiger partial charge in [0.25, 0.3) is 0 Å². The summed E-state index contributed by atoms with van der Waals surface area (Å²) in [5.41, 5.74) is 2.60. The highest BCUT2D eigenvalue weighted by Gasteiger charge is 2.32. The number of benzene rings is 2. The molecule has 0 amide bonds. The van der Waals surface area contributed by atoms with E-state index in [-0.39, 0.29) is 11.7 Å². The summed E-state index contributed by atoms with van der Waals surface area (Å²) in [6, 6.07) is 13.7. The van der Waals surface area contributed by atoms with Crippen LogP contribution in [0.5, 0.6) is 0 Å². The van der Waals surface area contributed by atoms with E-state index in [0.717, 1.165) is 35.0 Å². The number of hydrogen-bond donors (Lipinski definition) is 1. The highest BCUT2D eigenvalue weighted by molar-refractivity contribution is 7.89. The van der Waals surface area contributed by atoms with E-state index in [1.165, 1.54) is 12.1 Å². The number of fused-ring (bicyclic) bond motifs is 1. The zero-order valence-corrected chi connectivity index (χ0v) is 15.4. The van der Waals surface area contributed by atoms with Gasteiger partial charge in [0, 0.05) is 35.6 Å². The lowest BCUT2D eigenvalue weighted by Gasteiger charge is -2.32. The van der Waals surface area contributed by atoms with Gasteiger partial charge in [-0.25, -0.2) is 12.8 Å². The van der Waals surface area contributed by atoms with Crippen LogP contribution in [0.4, 0.5) is 4.39 Å². The Bertz CT molecular complexity index is 1060. The van der Waals surface area contributed by atoms with E-state index < -0.39 is 10.0 Å². The number of nitrogens with one attached hydrogen (secondary N) is 1. The van der Waals surface area contributed by atoms with Gasteiger partial charge in [-0.05, 0) is 55.7 Å². The molecule has 1 saturated heterocycles. The third-order valence-corrected chi connectivity index (χ3v) is 7.16. The predicted molar refractivity (Wildman–Crippen MR) is 100 cm³/mol. The van der Waals surface area contributed by atoms with Crippen LogP contribution in [-0.4, -0.2) is 30.8 Å². The van der Waals surface area contributed by atoms with Crippen molar-refractivity contribution in [3.63, 3.8) is 0 Å². The number of hydrogen-bond acceptors (Lipinski definition) is 2. The molecule has 0 radical (unpaired) electrons. The normalized spacial score (nSPS) is 19.1. The molecule has 1 unspecified atom stereocenters. The Balaban J connectivity index is 1.63. The van der Waals surface area contributed by atoms with Crippen molar-refractivity contribution in [1.29, 1.82) is 0 Å². The van der Waals surface area contributed by atoms with Crippen LogP contribution in [0.15, 0.2) is 53.4 Å². The second-order valence-corrected chi connectivity index (χ2v) is 8.83. The van der Waals surface area contributed by atoms with Crippen molar-refractivity contribution in [3.05, 3.63) is 65.6 Å². The summed E-state index contributed by atoms with van der Waals surface area (Å²) in [7, 11) is -3.51. The van der Waals surface area contributed by atoms with Gasteiger partial charge in [-0.3, -0.25) is 0 Å². The maximum absolute atomic E-state index is 13.4. The Morgan fingerprint density at radius 3 is 2.77 bits per heavy atom. The topological polar surface area (TPSA) is 53.2 Å². The number of rotatable bonds is 3. The monoisotopic (exact) mass is 372 g/mol. The molecular formula is C20H21FN2O2S. The van der Waals surface area contributed by atoms with Crippen LogP contribution in [0.2, 0.25) is 0 Å². The number of sulfonamides is 1. The fourth-order valence-electron chi connectivity index (χ4n) is 3.75. The molecule has 1 aliphatic heterocycles. The van der Waals surface area contributed by atoms with Crippen molar-refractivity contribution < 1.29 is 12.8 Å². The first kappa shape index (κ1) is 17.2. The van der Waals surface area contributed by atoms with E-state index in [1.54, 1.807) is 22.5 Å². The average Bonchev–Trinajstić information content (AvgIpc) is 3.05. The maximum Gasteiger partial charge on any atom is 0.243 e. The van der Waals surface area contributed by atoms with Gasteiger partial charge < -0.3 is 4.98 Å². The minimum atomic E-state index is -3.51. The molecule has 1 aromatic heterocycles. The van der Waals surface area contributed by atoms with Gasteiger partial charge in [-0.2, -0.15) is 4.31 Å². The largest absolute Gasteiger partial charge is 0.358 e. The molecule has 2 aromatic carbocycles. The number of H-pyrrole nitrogens is 1. The minimum Gasteiger partial charge on any atom is -0.358 e. The Kier molecular flexibility index (Phi) is 4.32. The van der Waals surface area contributed by atoms with Crippen LogP contribution >= 0.6 is 0 Å². The van der Waals surface area contributed by atoms with Crippen molar-refractivity contribution in [2.75, 3.05) is 13.1 Å². The molecule has 0 saturated carbocycles. The molecule has 3 aromatic rings. The molecule has 136 valence electrons. The van der Waals surface area contributed by atoms with Crippen LogP contribution in [0, 0.1) is 12.7 Å². The molecule has 1 atom stereocenters. The standard InChI is InChI=1S/C20H21FN2O2S/c1-14-5-2-3-7-20(14)26(24,25)23-10-4-6-15(13-23)19-12-16-11-17(21)8-9-18(16)22-19/h2-3,5,7-9,11-12,15,22H,4,6,10,13H2,1H3. The van der Waals surface area contributed by atoms with Crippen molar-refractivity contribution in [3.8, 4) is 0 Å². The fourth-order valence-corrected chi connectivity index (χ4v) is 5.49. The van der Waals surface area contributed by atoms with Crippen molar-refractivity contribution in [1.82, 2.24) is 9.29 Å². The zero-order chi connectivity index (χ0) is 18.3. The molecule has 26 heavy (non-hydrogen) atoms. The SMILES string of the molecule is Cc1ccccc1S(=O)(=O)N1CCCC(c2cc3cc(F)ccc3[nH]2)C1. The van der Waals surface area contributed by atoms with Crippen LogP contribution in [0.1, 0.15) is 30.0 Å². The Morgan fingerprint density at radius 2 is 1.96 bits per heavy atom. The van der Waals surface area contributed by atoms with Gasteiger partial charge in [0.1, 0.15) is 5.82 Å². The summed E-state index contributed by atoms with van der Waals surface area (Å²) in [6.07, 6.45) is 1.72. The predicted octanol–water partition coefficient (Wildman–Crippen LogP) is 4.18. The Labute approximate surface area is 152 Å². The summed E-state index contributed by atoms with van der Waals surface area (Å²) in [5, 5.41) is 0.818. The first-order valence-electron chi connectivity index (χ1n) is 8.79. The van der Waals surface area contributed by atoms with Crippen LogP contribution in [0.25, 0.3) is 10.9 Å². The Hall–Kier alpha value is -2.18. The lowest BCUT2D eigenvalue weighted by atomic mass is 9.96. The van der Waals surface area contributed by atoms with Gasteiger partial charge in [-0.1, -0.05) is 18.2 Å². The second-order valence-electron chi connectivity index (χ2n) is 6.92. The third-order valence-electron chi connectivity index (χ3n) is 5.14. The van der Waals surface area contributed by atoms with E-state index in [2.05, 4.69) is 4.98 Å². The third kappa shape index (κ3) is 3.04. The van der Waals surface area contributed by atoms with Crippen molar-refractivity contribution in [2.24, 2.45) is 0 Å². The van der Waals surface area contributed by atoms with Crippen molar-refractivity contribution >= 4 is 20.9 Å². The van der Waals surface area contributed by atoms with Crippen molar-refractivity contribution in [2.45, 2.75) is 30.6 Å². The van der Waals surface area contributed by atoms with Gasteiger partial charge in [0.15, 0.2) is 0 Å². The average molecular weight is 372 g/mol. The number of aromatic nitrogens is 1. The molecule has 6 heteroatoms. The summed E-state index contributed by atoms with van der Waals surface area (Å²) in [4.78, 5) is 3.70. The van der Waals surface area contributed by atoms with E-state index in [9.17, 15) is 12.8 Å². The molecule has 4 rings (SSSR count). The maximum atomic E-state index is 13.4. The molecule has 4 nitrogen and oxygen atoms in total. The summed E-state index contributed by atoms with van der Waals surface area (Å²) in [6.45, 7) is 2.79. The van der Waals surface area contributed by atoms with E-state index in [4.69, 9.17) is 0 Å². The molecule has 1 aliphatic rings. The number of nitrogens with zero attached hydrogens (tertiary/aromatic N) is 1. The van der Waals surface area contributed by atoms with E-state index in [0.29, 0.717) is 18.0 Å². The zero-order valence-electron chi connectivity index (χ0n) is 14.6. The summed E-state index contributed by atoms with van der Waals surface area (Å²) >= 11 is 0. The van der Waals surface area contributed by atoms with Gasteiger partial charge >= 0.3 is 0 Å². The molecule has 1 fully saturated rings. The number of aromatic amines is 1. The first-order valence-corrected chi connectivity index (χ1v) is 10.2. The van der Waals surface area contributed by atoms with Crippen LogP contribution < -0.4 is 0 Å². The smallest absolute Gasteiger partial charge is 0.243 e. The highest BCUT2D eigenvalue weighted by atomic mass is 32.2. The quantitative estimate of drug-likeness (QED) is 0.750. The number of piperidine rings is 1. The lowest BCUT2D eigenvalue weighted by Crippen LogP contribution is -2.39. The van der Waals surface area contributed by atoms with Crippen LogP contribution in [-0.2, 0) is 10.0 Å². The second kappa shape index (κ2) is 6.52. The van der Waals surface area contributed by atoms with Gasteiger partial charge in [0.05, 0.1) is 4.90 Å². The molecule has 0 aliphatic carbocycles. The summed E-state index contributed by atoms with van der Waals surface area (Å²) < 4.78 is 41.1. The molecule has 0 spiro atoms.